The summed E-state index contributed by atoms with van der Waals surface area (Å²) < 4.78 is 83.5. The van der Waals surface area contributed by atoms with Gasteiger partial charge < -0.3 is 9.72 Å². The maximum absolute atomic E-state index is 13.2. The van der Waals surface area contributed by atoms with Crippen molar-refractivity contribution in [2.75, 3.05) is 6.61 Å². The number of fused-ring (bicyclic) bond motifs is 3. The molecule has 0 aliphatic heterocycles. The second kappa shape index (κ2) is 5.89. The number of H-pyrrole nitrogens is 1. The van der Waals surface area contributed by atoms with Gasteiger partial charge in [0.25, 0.3) is 0 Å². The van der Waals surface area contributed by atoms with Gasteiger partial charge in [0, 0.05) is 16.3 Å². The third-order valence-electron chi connectivity index (χ3n) is 3.67. The van der Waals surface area contributed by atoms with Crippen molar-refractivity contribution in [2.45, 2.75) is 19.3 Å². The normalized spacial score (nSPS) is 12.7. The molecule has 1 aromatic carbocycles. The molecule has 10 heteroatoms. The Balaban J connectivity index is 2.37. The highest BCUT2D eigenvalue weighted by Gasteiger charge is 2.39. The van der Waals surface area contributed by atoms with Gasteiger partial charge in [-0.1, -0.05) is 6.07 Å². The van der Waals surface area contributed by atoms with Crippen molar-refractivity contribution in [1.82, 2.24) is 9.97 Å². The first-order valence-corrected chi connectivity index (χ1v) is 7.30. The first kappa shape index (κ1) is 18.0. The smallest absolute Gasteiger partial charge is 0.433 e. The fourth-order valence-electron chi connectivity index (χ4n) is 2.59. The van der Waals surface area contributed by atoms with E-state index in [1.807, 2.05) is 0 Å². The third-order valence-corrected chi connectivity index (χ3v) is 3.67. The summed E-state index contributed by atoms with van der Waals surface area (Å²) in [5.41, 5.74) is -3.54. The van der Waals surface area contributed by atoms with Crippen LogP contribution >= 0.6 is 0 Å². The number of esters is 1. The zero-order valence-electron chi connectivity index (χ0n) is 13.0. The van der Waals surface area contributed by atoms with Crippen molar-refractivity contribution in [3.8, 4) is 0 Å². The lowest BCUT2D eigenvalue weighted by molar-refractivity contribution is -0.144. The van der Waals surface area contributed by atoms with Crippen LogP contribution in [0.5, 0.6) is 0 Å². The molecule has 2 heterocycles. The summed E-state index contributed by atoms with van der Waals surface area (Å²) in [6.07, 6.45) is -10.1. The van der Waals surface area contributed by atoms with Gasteiger partial charge in [-0.15, -0.1) is 0 Å². The van der Waals surface area contributed by atoms with E-state index >= 15 is 0 Å². The Kier molecular flexibility index (Phi) is 4.08. The van der Waals surface area contributed by atoms with Gasteiger partial charge in [0.2, 0.25) is 0 Å². The van der Waals surface area contributed by atoms with Crippen molar-refractivity contribution < 1.29 is 35.9 Å². The predicted octanol–water partition coefficient (Wildman–Crippen LogP) is 4.93. The number of aromatic nitrogens is 2. The van der Waals surface area contributed by atoms with E-state index in [-0.39, 0.29) is 29.3 Å². The van der Waals surface area contributed by atoms with Crippen molar-refractivity contribution in [1.29, 1.82) is 0 Å². The van der Waals surface area contributed by atoms with Crippen molar-refractivity contribution in [3.63, 3.8) is 0 Å². The Morgan fingerprint density at radius 3 is 2.35 bits per heavy atom. The molecule has 2 aromatic heterocycles. The number of carbonyl (C=O) groups excluding carboxylic acids is 1. The number of rotatable bonds is 2. The lowest BCUT2D eigenvalue weighted by Gasteiger charge is -2.14. The molecule has 0 radical (unpaired) electrons. The van der Waals surface area contributed by atoms with Crippen LogP contribution in [0.4, 0.5) is 26.3 Å². The lowest BCUT2D eigenvalue weighted by atomic mass is 10.0. The molecule has 0 spiro atoms. The summed E-state index contributed by atoms with van der Waals surface area (Å²) in [5.74, 6) is -0.778. The molecular weight excluding hydrogens is 366 g/mol. The second-order valence-electron chi connectivity index (χ2n) is 5.38. The molecule has 1 N–H and O–H groups in total. The van der Waals surface area contributed by atoms with Crippen molar-refractivity contribution in [3.05, 3.63) is 41.2 Å². The molecular formula is C16H10F6N2O2. The number of carbonyl (C=O) groups is 1. The van der Waals surface area contributed by atoms with Crippen LogP contribution in [0.25, 0.3) is 21.8 Å². The van der Waals surface area contributed by atoms with Gasteiger partial charge in [-0.2, -0.15) is 26.3 Å². The molecule has 3 aromatic rings. The van der Waals surface area contributed by atoms with Crippen LogP contribution in [0, 0.1) is 0 Å². The molecule has 0 unspecified atom stereocenters. The van der Waals surface area contributed by atoms with E-state index in [0.717, 1.165) is 12.1 Å². The molecule has 0 aliphatic rings. The van der Waals surface area contributed by atoms with Gasteiger partial charge in [0.1, 0.15) is 11.4 Å². The van der Waals surface area contributed by atoms with Crippen LogP contribution in [0.2, 0.25) is 0 Å². The number of hydrogen-bond donors (Lipinski definition) is 1. The largest absolute Gasteiger partial charge is 0.461 e. The lowest BCUT2D eigenvalue weighted by Crippen LogP contribution is -2.13. The molecule has 0 aliphatic carbocycles. The number of nitrogens with one attached hydrogen (secondary N) is 1. The van der Waals surface area contributed by atoms with E-state index in [0.29, 0.717) is 0 Å². The first-order chi connectivity index (χ1) is 12.0. The van der Waals surface area contributed by atoms with Gasteiger partial charge in [-0.25, -0.2) is 9.78 Å². The molecule has 4 nitrogen and oxygen atoms in total. The van der Waals surface area contributed by atoms with Crippen LogP contribution in [0.1, 0.15) is 28.7 Å². The highest BCUT2D eigenvalue weighted by molar-refractivity contribution is 6.08. The molecule has 0 bridgehead atoms. The van der Waals surface area contributed by atoms with E-state index < -0.39 is 40.5 Å². The summed E-state index contributed by atoms with van der Waals surface area (Å²) in [6.45, 7) is 1.62. The molecule has 26 heavy (non-hydrogen) atoms. The molecule has 0 fully saturated rings. The van der Waals surface area contributed by atoms with Crippen LogP contribution in [-0.2, 0) is 17.1 Å². The number of aromatic amines is 1. The zero-order valence-corrected chi connectivity index (χ0v) is 13.0. The fourth-order valence-corrected chi connectivity index (χ4v) is 2.59. The summed E-state index contributed by atoms with van der Waals surface area (Å²) in [7, 11) is 0. The van der Waals surface area contributed by atoms with Crippen LogP contribution in [-0.4, -0.2) is 22.5 Å². The molecule has 0 saturated heterocycles. The van der Waals surface area contributed by atoms with Crippen molar-refractivity contribution in [2.24, 2.45) is 0 Å². The van der Waals surface area contributed by atoms with Gasteiger partial charge in [0.05, 0.1) is 17.7 Å². The van der Waals surface area contributed by atoms with Crippen LogP contribution in [0.3, 0.4) is 0 Å². The van der Waals surface area contributed by atoms with Crippen LogP contribution in [0.15, 0.2) is 24.3 Å². The number of alkyl halides is 6. The van der Waals surface area contributed by atoms with E-state index in [2.05, 4.69) is 9.97 Å². The van der Waals surface area contributed by atoms with Crippen LogP contribution < -0.4 is 0 Å². The van der Waals surface area contributed by atoms with Crippen molar-refractivity contribution >= 4 is 27.8 Å². The van der Waals surface area contributed by atoms with E-state index in [1.54, 1.807) is 6.92 Å². The molecule has 138 valence electrons. The molecule has 0 amide bonds. The highest BCUT2D eigenvalue weighted by atomic mass is 19.4. The molecule has 3 rings (SSSR count). The Labute approximate surface area is 141 Å². The average Bonchev–Trinajstić information content (AvgIpc) is 2.97. The van der Waals surface area contributed by atoms with Gasteiger partial charge in [-0.3, -0.25) is 0 Å². The zero-order chi connectivity index (χ0) is 19.3. The first-order valence-electron chi connectivity index (χ1n) is 7.30. The number of hydrogen-bond acceptors (Lipinski definition) is 3. The highest BCUT2D eigenvalue weighted by Crippen LogP contribution is 2.40. The number of ether oxygens (including phenoxy) is 1. The average molecular weight is 376 g/mol. The minimum Gasteiger partial charge on any atom is -0.461 e. The number of benzene rings is 1. The maximum Gasteiger partial charge on any atom is 0.433 e. The third kappa shape index (κ3) is 3.06. The maximum atomic E-state index is 13.2. The summed E-state index contributed by atoms with van der Waals surface area (Å²) in [4.78, 5) is 17.8. The minimum atomic E-state index is -5.06. The quantitative estimate of drug-likeness (QED) is 0.510. The molecule has 0 atom stereocenters. The number of pyridine rings is 1. The Hall–Kier alpha value is -2.78. The van der Waals surface area contributed by atoms with Gasteiger partial charge in [-0.05, 0) is 25.1 Å². The van der Waals surface area contributed by atoms with Gasteiger partial charge in [0.15, 0.2) is 0 Å². The SMILES string of the molecule is CCOC(=O)c1cc2c(ccc3c(C(F)(F)F)cc(C(F)(F)F)nc32)[nH]1. The monoisotopic (exact) mass is 376 g/mol. The predicted molar refractivity (Wildman–Crippen MR) is 79.6 cm³/mol. The topological polar surface area (TPSA) is 55.0 Å². The Morgan fingerprint density at radius 2 is 1.77 bits per heavy atom. The summed E-state index contributed by atoms with van der Waals surface area (Å²) in [5, 5.41) is -0.533. The van der Waals surface area contributed by atoms with E-state index in [9.17, 15) is 31.1 Å². The number of halogens is 6. The Bertz CT molecular complexity index is 1000. The van der Waals surface area contributed by atoms with E-state index in [1.165, 1.54) is 6.07 Å². The fraction of sp³-hybridized carbons (Fsp3) is 0.250. The second-order valence-corrected chi connectivity index (χ2v) is 5.38. The Morgan fingerprint density at radius 1 is 1.08 bits per heavy atom. The standard InChI is InChI=1S/C16H10F6N2O2/c1-2-26-14(25)11-5-8-10(23-11)4-3-7-9(15(17,18)19)6-12(16(20,21)22)24-13(7)8/h3-6,23H,2H2,1H3. The summed E-state index contributed by atoms with van der Waals surface area (Å²) >= 11 is 0. The number of nitrogens with zero attached hydrogens (tertiary/aromatic N) is 1. The molecule has 0 saturated carbocycles. The van der Waals surface area contributed by atoms with E-state index in [4.69, 9.17) is 4.74 Å². The summed E-state index contributed by atoms with van der Waals surface area (Å²) in [6, 6.07) is 3.36. The minimum absolute atomic E-state index is 0.0208. The van der Waals surface area contributed by atoms with Gasteiger partial charge >= 0.3 is 18.3 Å².